The van der Waals surface area contributed by atoms with E-state index in [1.165, 1.54) is 0 Å². The number of hydrogen-bond donors (Lipinski definition) is 1. The van der Waals surface area contributed by atoms with E-state index in [0.717, 1.165) is 12.8 Å². The molecule has 2 saturated heterocycles. The normalized spacial score (nSPS) is 21.4. The van der Waals surface area contributed by atoms with Crippen LogP contribution in [0, 0.1) is 0 Å². The van der Waals surface area contributed by atoms with Crippen molar-refractivity contribution >= 4 is 40.7 Å². The maximum atomic E-state index is 12.3. The molecule has 0 saturated carbocycles. The standard InChI is InChI=1S/C17H21Cl2N3O3/c18-12-3-1-4-13(19)16(12)20-15(23)11-21-6-8-22(9-7-21)17(24)14-5-2-10-25-14/h1,3-4,14H,2,5-11H2,(H,20,23)/t14-/m1/s1. The molecule has 1 aromatic rings. The van der Waals surface area contributed by atoms with E-state index in [0.29, 0.717) is 48.5 Å². The topological polar surface area (TPSA) is 61.9 Å². The van der Waals surface area contributed by atoms with E-state index < -0.39 is 0 Å². The minimum Gasteiger partial charge on any atom is -0.368 e. The molecule has 0 radical (unpaired) electrons. The number of amides is 2. The van der Waals surface area contributed by atoms with E-state index in [-0.39, 0.29) is 24.5 Å². The second-order valence-electron chi connectivity index (χ2n) is 6.25. The lowest BCUT2D eigenvalue weighted by Gasteiger charge is -2.35. The summed E-state index contributed by atoms with van der Waals surface area (Å²) in [6.45, 7) is 3.44. The molecule has 8 heteroatoms. The highest BCUT2D eigenvalue weighted by atomic mass is 35.5. The molecule has 1 atom stereocenters. The fraction of sp³-hybridized carbons (Fsp3) is 0.529. The van der Waals surface area contributed by atoms with E-state index in [2.05, 4.69) is 5.32 Å². The first-order valence-corrected chi connectivity index (χ1v) is 9.17. The van der Waals surface area contributed by atoms with Gasteiger partial charge in [0.05, 0.1) is 22.3 Å². The summed E-state index contributed by atoms with van der Waals surface area (Å²) in [6.07, 6.45) is 1.47. The molecule has 136 valence electrons. The van der Waals surface area contributed by atoms with E-state index >= 15 is 0 Å². The van der Waals surface area contributed by atoms with E-state index in [1.54, 1.807) is 18.2 Å². The zero-order valence-corrected chi connectivity index (χ0v) is 15.4. The molecular weight excluding hydrogens is 365 g/mol. The first-order valence-electron chi connectivity index (χ1n) is 8.41. The quantitative estimate of drug-likeness (QED) is 0.863. The number of ether oxygens (including phenoxy) is 1. The van der Waals surface area contributed by atoms with Crippen molar-refractivity contribution in [3.05, 3.63) is 28.2 Å². The maximum absolute atomic E-state index is 12.3. The molecule has 0 aromatic heterocycles. The summed E-state index contributed by atoms with van der Waals surface area (Å²) in [7, 11) is 0. The number of hydrogen-bond acceptors (Lipinski definition) is 4. The Morgan fingerprint density at radius 3 is 2.44 bits per heavy atom. The molecule has 0 spiro atoms. The molecule has 0 unspecified atom stereocenters. The highest BCUT2D eigenvalue weighted by Gasteiger charge is 2.30. The van der Waals surface area contributed by atoms with Gasteiger partial charge in [0.15, 0.2) is 0 Å². The van der Waals surface area contributed by atoms with Crippen LogP contribution in [0.15, 0.2) is 18.2 Å². The molecule has 2 amide bonds. The van der Waals surface area contributed by atoms with Gasteiger partial charge in [-0.3, -0.25) is 14.5 Å². The van der Waals surface area contributed by atoms with Gasteiger partial charge in [-0.2, -0.15) is 0 Å². The van der Waals surface area contributed by atoms with Gasteiger partial charge in [-0.05, 0) is 25.0 Å². The van der Waals surface area contributed by atoms with E-state index in [1.807, 2.05) is 9.80 Å². The summed E-state index contributed by atoms with van der Waals surface area (Å²) in [6, 6.07) is 5.08. The zero-order valence-electron chi connectivity index (χ0n) is 13.8. The number of benzene rings is 1. The van der Waals surface area contributed by atoms with Crippen molar-refractivity contribution in [1.82, 2.24) is 9.80 Å². The summed E-state index contributed by atoms with van der Waals surface area (Å²) in [5.41, 5.74) is 0.433. The predicted octanol–water partition coefficient (Wildman–Crippen LogP) is 2.26. The van der Waals surface area contributed by atoms with Crippen LogP contribution in [-0.4, -0.2) is 67.0 Å². The van der Waals surface area contributed by atoms with E-state index in [9.17, 15) is 9.59 Å². The summed E-state index contributed by atoms with van der Waals surface area (Å²) in [5.74, 6) is -0.0987. The van der Waals surface area contributed by atoms with Crippen molar-refractivity contribution in [2.45, 2.75) is 18.9 Å². The minimum absolute atomic E-state index is 0.0736. The van der Waals surface area contributed by atoms with Crippen LogP contribution < -0.4 is 5.32 Å². The average Bonchev–Trinajstić information content (AvgIpc) is 3.13. The molecule has 3 rings (SSSR count). The SMILES string of the molecule is O=C(CN1CCN(C(=O)[C@H]2CCCO2)CC1)Nc1c(Cl)cccc1Cl. The van der Waals surface area contributed by atoms with E-state index in [4.69, 9.17) is 27.9 Å². The number of anilines is 1. The van der Waals surface area contributed by atoms with Crippen molar-refractivity contribution < 1.29 is 14.3 Å². The van der Waals surface area contributed by atoms with Gasteiger partial charge in [-0.25, -0.2) is 0 Å². The third kappa shape index (κ3) is 4.64. The number of halogens is 2. The number of para-hydroxylation sites is 1. The number of carbonyl (C=O) groups excluding carboxylic acids is 2. The van der Waals surface area contributed by atoms with Crippen LogP contribution in [0.2, 0.25) is 10.0 Å². The number of nitrogens with zero attached hydrogens (tertiary/aromatic N) is 2. The van der Waals surface area contributed by atoms with Crippen LogP contribution in [0.5, 0.6) is 0 Å². The van der Waals surface area contributed by atoms with Crippen LogP contribution in [0.3, 0.4) is 0 Å². The number of carbonyl (C=O) groups is 2. The van der Waals surface area contributed by atoms with Gasteiger partial charge in [-0.1, -0.05) is 29.3 Å². The molecule has 0 aliphatic carbocycles. The highest BCUT2D eigenvalue weighted by Crippen LogP contribution is 2.29. The Labute approximate surface area is 157 Å². The highest BCUT2D eigenvalue weighted by molar-refractivity contribution is 6.39. The van der Waals surface area contributed by atoms with Gasteiger partial charge in [-0.15, -0.1) is 0 Å². The van der Waals surface area contributed by atoms with Gasteiger partial charge in [0.25, 0.3) is 5.91 Å². The van der Waals surface area contributed by atoms with Crippen LogP contribution in [0.1, 0.15) is 12.8 Å². The lowest BCUT2D eigenvalue weighted by atomic mass is 10.2. The Balaban J connectivity index is 1.47. The van der Waals surface area contributed by atoms with Gasteiger partial charge in [0.2, 0.25) is 5.91 Å². The molecule has 2 aliphatic rings. The van der Waals surface area contributed by atoms with Gasteiger partial charge < -0.3 is 15.0 Å². The molecular formula is C17H21Cl2N3O3. The Hall–Kier alpha value is -1.34. The van der Waals surface area contributed by atoms with Crippen molar-refractivity contribution in [1.29, 1.82) is 0 Å². The summed E-state index contributed by atoms with van der Waals surface area (Å²) < 4.78 is 5.45. The molecule has 25 heavy (non-hydrogen) atoms. The molecule has 1 N–H and O–H groups in total. The Morgan fingerprint density at radius 2 is 1.84 bits per heavy atom. The number of nitrogens with one attached hydrogen (secondary N) is 1. The van der Waals surface area contributed by atoms with Crippen LogP contribution in [0.4, 0.5) is 5.69 Å². The molecule has 2 heterocycles. The average molecular weight is 386 g/mol. The summed E-state index contributed by atoms with van der Waals surface area (Å²) in [4.78, 5) is 28.4. The molecule has 2 fully saturated rings. The smallest absolute Gasteiger partial charge is 0.251 e. The first-order chi connectivity index (χ1) is 12.0. The molecule has 6 nitrogen and oxygen atoms in total. The van der Waals surface area contributed by atoms with Gasteiger partial charge >= 0.3 is 0 Å². The lowest BCUT2D eigenvalue weighted by Crippen LogP contribution is -2.52. The fourth-order valence-electron chi connectivity index (χ4n) is 3.10. The molecule has 1 aromatic carbocycles. The Kier molecular flexibility index (Phi) is 6.17. The third-order valence-corrected chi connectivity index (χ3v) is 5.11. The Bertz CT molecular complexity index is 622. The fourth-order valence-corrected chi connectivity index (χ4v) is 3.59. The summed E-state index contributed by atoms with van der Waals surface area (Å²) >= 11 is 12.1. The minimum atomic E-state index is -0.280. The van der Waals surface area contributed by atoms with Crippen LogP contribution in [0.25, 0.3) is 0 Å². The number of piperazine rings is 1. The maximum Gasteiger partial charge on any atom is 0.251 e. The first kappa shape index (κ1) is 18.5. The Morgan fingerprint density at radius 1 is 1.16 bits per heavy atom. The van der Waals surface area contributed by atoms with Crippen molar-refractivity contribution in [2.75, 3.05) is 44.6 Å². The van der Waals surface area contributed by atoms with Crippen molar-refractivity contribution in [3.63, 3.8) is 0 Å². The molecule has 2 aliphatic heterocycles. The second kappa shape index (κ2) is 8.36. The third-order valence-electron chi connectivity index (χ3n) is 4.48. The zero-order chi connectivity index (χ0) is 17.8. The summed E-state index contributed by atoms with van der Waals surface area (Å²) in [5, 5.41) is 3.58. The van der Waals surface area contributed by atoms with Crippen molar-refractivity contribution in [3.8, 4) is 0 Å². The van der Waals surface area contributed by atoms with Crippen LogP contribution >= 0.6 is 23.2 Å². The largest absolute Gasteiger partial charge is 0.368 e. The predicted molar refractivity (Wildman–Crippen MR) is 97.1 cm³/mol. The van der Waals surface area contributed by atoms with Crippen LogP contribution in [-0.2, 0) is 14.3 Å². The van der Waals surface area contributed by atoms with Gasteiger partial charge in [0, 0.05) is 32.8 Å². The second-order valence-corrected chi connectivity index (χ2v) is 7.06. The lowest BCUT2D eigenvalue weighted by molar-refractivity contribution is -0.142. The van der Waals surface area contributed by atoms with Crippen molar-refractivity contribution in [2.24, 2.45) is 0 Å². The monoisotopic (exact) mass is 385 g/mol. The molecule has 0 bridgehead atoms. The van der Waals surface area contributed by atoms with Gasteiger partial charge in [0.1, 0.15) is 6.10 Å². The number of rotatable bonds is 4.